The van der Waals surface area contributed by atoms with Gasteiger partial charge in [0.05, 0.1) is 18.7 Å². The maximum absolute atomic E-state index is 12.5. The molecule has 0 heterocycles. The molecule has 0 bridgehead atoms. The van der Waals surface area contributed by atoms with Gasteiger partial charge in [-0.1, -0.05) is 87.5 Å². The van der Waals surface area contributed by atoms with Crippen molar-refractivity contribution in [1.82, 2.24) is 0 Å². The number of hydrogen-bond acceptors (Lipinski definition) is 2. The fourth-order valence-electron chi connectivity index (χ4n) is 2.80. The van der Waals surface area contributed by atoms with Gasteiger partial charge in [0.2, 0.25) is 0 Å². The van der Waals surface area contributed by atoms with Gasteiger partial charge >= 0.3 is 0 Å². The lowest BCUT2D eigenvalue weighted by atomic mass is 10.1. The van der Waals surface area contributed by atoms with Crippen LogP contribution in [0.15, 0.2) is 58.7 Å². The number of benzene rings is 1. The van der Waals surface area contributed by atoms with Crippen LogP contribution in [0.5, 0.6) is 0 Å². The van der Waals surface area contributed by atoms with Crippen molar-refractivity contribution < 1.29 is 8.42 Å². The molecule has 134 valence electrons. The van der Waals surface area contributed by atoms with Gasteiger partial charge in [-0.25, -0.2) is 8.42 Å². The second-order valence-electron chi connectivity index (χ2n) is 7.38. The highest BCUT2D eigenvalue weighted by Crippen LogP contribution is 2.26. The maximum atomic E-state index is 12.5. The standard InChI is InChI=1S/C20H32O2SSi/c1-6-7-8-10-13-18(2)20(24(3,4)5)16-17-23(21,22)19-14-11-9-12-15-19/h9,11-12,14-16H,2,6-8,10,13,17H2,1,3-5H3. The highest BCUT2D eigenvalue weighted by atomic mass is 32.2. The van der Waals surface area contributed by atoms with Crippen molar-refractivity contribution >= 4 is 17.9 Å². The quantitative estimate of drug-likeness (QED) is 0.299. The van der Waals surface area contributed by atoms with E-state index in [2.05, 4.69) is 33.1 Å². The molecular formula is C20H32O2SSi. The molecule has 0 atom stereocenters. The Morgan fingerprint density at radius 2 is 1.71 bits per heavy atom. The molecule has 24 heavy (non-hydrogen) atoms. The maximum Gasteiger partial charge on any atom is 0.181 e. The molecule has 1 aromatic rings. The molecule has 0 saturated heterocycles. The molecule has 1 aromatic carbocycles. The van der Waals surface area contributed by atoms with Gasteiger partial charge < -0.3 is 0 Å². The molecule has 4 heteroatoms. The predicted molar refractivity (Wildman–Crippen MR) is 108 cm³/mol. The van der Waals surface area contributed by atoms with Crippen molar-refractivity contribution in [2.24, 2.45) is 0 Å². The number of sulfone groups is 1. The Morgan fingerprint density at radius 3 is 2.25 bits per heavy atom. The van der Waals surface area contributed by atoms with Gasteiger partial charge in [-0.2, -0.15) is 0 Å². The zero-order valence-corrected chi connectivity index (χ0v) is 17.5. The fourth-order valence-corrected chi connectivity index (χ4v) is 6.00. The Morgan fingerprint density at radius 1 is 1.08 bits per heavy atom. The van der Waals surface area contributed by atoms with Crippen LogP contribution in [0.1, 0.15) is 39.0 Å². The van der Waals surface area contributed by atoms with E-state index >= 15 is 0 Å². The van der Waals surface area contributed by atoms with Gasteiger partial charge in [-0.15, -0.1) is 0 Å². The van der Waals surface area contributed by atoms with Crippen molar-refractivity contribution in [3.8, 4) is 0 Å². The highest BCUT2D eigenvalue weighted by molar-refractivity contribution is 7.91. The normalized spacial score (nSPS) is 13.1. The lowest BCUT2D eigenvalue weighted by Crippen LogP contribution is -2.26. The molecule has 0 N–H and O–H groups in total. The average molecular weight is 365 g/mol. The monoisotopic (exact) mass is 364 g/mol. The Kier molecular flexibility index (Phi) is 8.17. The SMILES string of the molecule is C=C(CCCCCC)C(=CCS(=O)(=O)c1ccccc1)[Si](C)(C)C. The van der Waals surface area contributed by atoms with E-state index in [0.717, 1.165) is 18.4 Å². The number of rotatable bonds is 10. The summed E-state index contributed by atoms with van der Waals surface area (Å²) in [5, 5.41) is 1.21. The largest absolute Gasteiger partial charge is 0.223 e. The first-order chi connectivity index (χ1) is 11.2. The molecule has 0 fully saturated rings. The molecule has 0 aliphatic rings. The lowest BCUT2D eigenvalue weighted by molar-refractivity contribution is 0.599. The Hall–Kier alpha value is -1.13. The number of allylic oxidation sites excluding steroid dienone is 2. The predicted octanol–water partition coefficient (Wildman–Crippen LogP) is 5.79. The van der Waals surface area contributed by atoms with Crippen molar-refractivity contribution in [2.75, 3.05) is 5.75 Å². The zero-order valence-electron chi connectivity index (χ0n) is 15.6. The minimum atomic E-state index is -3.27. The lowest BCUT2D eigenvalue weighted by Gasteiger charge is -2.23. The van der Waals surface area contributed by atoms with Crippen LogP contribution < -0.4 is 0 Å². The van der Waals surface area contributed by atoms with Gasteiger partial charge in [0.15, 0.2) is 9.84 Å². The molecular weight excluding hydrogens is 332 g/mol. The van der Waals surface area contributed by atoms with Crippen LogP contribution in [0, 0.1) is 0 Å². The van der Waals surface area contributed by atoms with E-state index in [4.69, 9.17) is 0 Å². The summed E-state index contributed by atoms with van der Waals surface area (Å²) in [5.41, 5.74) is 1.13. The molecule has 0 unspecified atom stereocenters. The molecule has 0 amide bonds. The van der Waals surface area contributed by atoms with Crippen LogP contribution >= 0.6 is 0 Å². The second kappa shape index (κ2) is 9.38. The van der Waals surface area contributed by atoms with Gasteiger partial charge in [-0.3, -0.25) is 0 Å². The Labute approximate surface area is 149 Å². The van der Waals surface area contributed by atoms with Crippen LogP contribution in [0.25, 0.3) is 0 Å². The minimum absolute atomic E-state index is 0.0601. The smallest absolute Gasteiger partial charge is 0.181 e. The summed E-state index contributed by atoms with van der Waals surface area (Å²) >= 11 is 0. The summed E-state index contributed by atoms with van der Waals surface area (Å²) in [6, 6.07) is 8.69. The van der Waals surface area contributed by atoms with E-state index in [9.17, 15) is 8.42 Å². The van der Waals surface area contributed by atoms with Gasteiger partial charge in [-0.05, 0) is 25.0 Å². The summed E-state index contributed by atoms with van der Waals surface area (Å²) in [4.78, 5) is 0.393. The van der Waals surface area contributed by atoms with Crippen LogP contribution in [-0.4, -0.2) is 22.2 Å². The molecule has 0 aromatic heterocycles. The fraction of sp³-hybridized carbons (Fsp3) is 0.500. The van der Waals surface area contributed by atoms with E-state index in [1.807, 2.05) is 12.1 Å². The van der Waals surface area contributed by atoms with Crippen molar-refractivity contribution in [2.45, 2.75) is 63.6 Å². The summed E-state index contributed by atoms with van der Waals surface area (Å²) in [6.45, 7) is 13.2. The van der Waals surface area contributed by atoms with E-state index in [1.165, 1.54) is 24.5 Å². The van der Waals surface area contributed by atoms with Crippen LogP contribution in [0.4, 0.5) is 0 Å². The summed E-state index contributed by atoms with van der Waals surface area (Å²) in [7, 11) is -4.90. The molecule has 1 rings (SSSR count). The van der Waals surface area contributed by atoms with Crippen LogP contribution in [0.2, 0.25) is 19.6 Å². The van der Waals surface area contributed by atoms with Gasteiger partial charge in [0, 0.05) is 0 Å². The first-order valence-electron chi connectivity index (χ1n) is 8.85. The number of hydrogen-bond donors (Lipinski definition) is 0. The summed E-state index contributed by atoms with van der Waals surface area (Å²) in [5.74, 6) is 0.0601. The highest BCUT2D eigenvalue weighted by Gasteiger charge is 2.23. The van der Waals surface area contributed by atoms with Gasteiger partial charge in [0.25, 0.3) is 0 Å². The first kappa shape index (κ1) is 20.9. The molecule has 0 aliphatic heterocycles. The third-order valence-electron chi connectivity index (χ3n) is 4.13. The minimum Gasteiger partial charge on any atom is -0.223 e. The Balaban J connectivity index is 2.89. The van der Waals surface area contributed by atoms with Crippen molar-refractivity contribution in [3.05, 3.63) is 53.8 Å². The van der Waals surface area contributed by atoms with E-state index in [-0.39, 0.29) is 5.75 Å². The molecule has 0 aliphatic carbocycles. The summed E-state index contributed by atoms with van der Waals surface area (Å²) in [6.07, 6.45) is 7.73. The molecule has 0 radical (unpaired) electrons. The van der Waals surface area contributed by atoms with Crippen LogP contribution in [-0.2, 0) is 9.84 Å². The summed E-state index contributed by atoms with van der Waals surface area (Å²) < 4.78 is 25.1. The molecule has 0 spiro atoms. The number of unbranched alkanes of at least 4 members (excludes halogenated alkanes) is 3. The van der Waals surface area contributed by atoms with E-state index < -0.39 is 17.9 Å². The van der Waals surface area contributed by atoms with E-state index in [0.29, 0.717) is 4.90 Å². The topological polar surface area (TPSA) is 34.1 Å². The second-order valence-corrected chi connectivity index (χ2v) is 14.4. The third kappa shape index (κ3) is 6.77. The molecule has 2 nitrogen and oxygen atoms in total. The van der Waals surface area contributed by atoms with Gasteiger partial charge in [0.1, 0.15) is 0 Å². The zero-order chi connectivity index (χ0) is 18.2. The Bertz CT molecular complexity index is 653. The third-order valence-corrected chi connectivity index (χ3v) is 7.90. The average Bonchev–Trinajstić information content (AvgIpc) is 2.51. The first-order valence-corrected chi connectivity index (χ1v) is 14.0. The molecule has 0 saturated carbocycles. The van der Waals surface area contributed by atoms with E-state index in [1.54, 1.807) is 24.3 Å². The van der Waals surface area contributed by atoms with Crippen molar-refractivity contribution in [3.63, 3.8) is 0 Å². The van der Waals surface area contributed by atoms with Crippen LogP contribution in [0.3, 0.4) is 0 Å². The van der Waals surface area contributed by atoms with Crippen molar-refractivity contribution in [1.29, 1.82) is 0 Å².